The molecule has 2 heterocycles. The van der Waals surface area contributed by atoms with Crippen LogP contribution < -0.4 is 11.1 Å². The number of amides is 1. The average Bonchev–Trinajstić information content (AvgIpc) is 2.98. The zero-order valence-corrected chi connectivity index (χ0v) is 11.0. The molecule has 0 unspecified atom stereocenters. The first kappa shape index (κ1) is 12.6. The fourth-order valence-electron chi connectivity index (χ4n) is 1.66. The van der Waals surface area contributed by atoms with E-state index < -0.39 is 0 Å². The molecule has 5 nitrogen and oxygen atoms in total. The Bertz CT molecular complexity index is 518. The first-order valence-electron chi connectivity index (χ1n) is 5.85. The van der Waals surface area contributed by atoms with E-state index in [4.69, 9.17) is 5.73 Å². The SMILES string of the molecule is CCCc1[nH]nc(C(=O)NCc2cccs2)c1N. The van der Waals surface area contributed by atoms with Gasteiger partial charge in [0.05, 0.1) is 17.9 Å². The number of thiophene rings is 1. The summed E-state index contributed by atoms with van der Waals surface area (Å²) in [6, 6.07) is 3.93. The monoisotopic (exact) mass is 264 g/mol. The van der Waals surface area contributed by atoms with Crippen LogP contribution in [0, 0.1) is 0 Å². The number of rotatable bonds is 5. The van der Waals surface area contributed by atoms with Gasteiger partial charge in [0, 0.05) is 4.88 Å². The van der Waals surface area contributed by atoms with Gasteiger partial charge in [0.1, 0.15) is 0 Å². The van der Waals surface area contributed by atoms with E-state index in [2.05, 4.69) is 22.4 Å². The molecular weight excluding hydrogens is 248 g/mol. The number of hydrogen-bond donors (Lipinski definition) is 3. The molecule has 0 saturated heterocycles. The molecule has 4 N–H and O–H groups in total. The Morgan fingerprint density at radius 1 is 1.61 bits per heavy atom. The lowest BCUT2D eigenvalue weighted by atomic mass is 10.2. The van der Waals surface area contributed by atoms with Gasteiger partial charge in [-0.1, -0.05) is 19.4 Å². The highest BCUT2D eigenvalue weighted by Gasteiger charge is 2.16. The number of nitrogens with two attached hydrogens (primary N) is 1. The predicted molar refractivity (Wildman–Crippen MR) is 72.5 cm³/mol. The Labute approximate surface area is 109 Å². The summed E-state index contributed by atoms with van der Waals surface area (Å²) in [7, 11) is 0. The van der Waals surface area contributed by atoms with Crippen molar-refractivity contribution in [3.8, 4) is 0 Å². The van der Waals surface area contributed by atoms with Gasteiger partial charge in [0.2, 0.25) is 0 Å². The van der Waals surface area contributed by atoms with Gasteiger partial charge in [0.25, 0.3) is 5.91 Å². The minimum atomic E-state index is -0.237. The molecule has 2 aromatic rings. The molecule has 0 aliphatic heterocycles. The highest BCUT2D eigenvalue weighted by atomic mass is 32.1. The molecule has 0 aliphatic rings. The first-order valence-corrected chi connectivity index (χ1v) is 6.73. The van der Waals surface area contributed by atoms with Gasteiger partial charge >= 0.3 is 0 Å². The highest BCUT2D eigenvalue weighted by Crippen LogP contribution is 2.16. The van der Waals surface area contributed by atoms with Crippen LogP contribution in [0.3, 0.4) is 0 Å². The van der Waals surface area contributed by atoms with Gasteiger partial charge in [-0.05, 0) is 17.9 Å². The second-order valence-electron chi connectivity index (χ2n) is 3.98. The molecule has 0 aliphatic carbocycles. The number of carbonyl (C=O) groups excluding carboxylic acids is 1. The van der Waals surface area contributed by atoms with Gasteiger partial charge in [-0.25, -0.2) is 0 Å². The fraction of sp³-hybridized carbons (Fsp3) is 0.333. The van der Waals surface area contributed by atoms with Crippen molar-refractivity contribution in [2.75, 3.05) is 5.73 Å². The van der Waals surface area contributed by atoms with Crippen molar-refractivity contribution in [3.05, 3.63) is 33.8 Å². The first-order chi connectivity index (χ1) is 8.72. The van der Waals surface area contributed by atoms with E-state index in [1.54, 1.807) is 11.3 Å². The Morgan fingerprint density at radius 2 is 2.44 bits per heavy atom. The molecule has 0 spiro atoms. The van der Waals surface area contributed by atoms with Crippen molar-refractivity contribution in [1.29, 1.82) is 0 Å². The number of H-pyrrole nitrogens is 1. The number of hydrogen-bond acceptors (Lipinski definition) is 4. The lowest BCUT2D eigenvalue weighted by Crippen LogP contribution is -2.23. The van der Waals surface area contributed by atoms with Crippen LogP contribution >= 0.6 is 11.3 Å². The summed E-state index contributed by atoms with van der Waals surface area (Å²) in [5, 5.41) is 11.6. The quantitative estimate of drug-likeness (QED) is 0.771. The number of nitrogens with zero attached hydrogens (tertiary/aromatic N) is 1. The minimum Gasteiger partial charge on any atom is -0.395 e. The molecule has 0 atom stereocenters. The van der Waals surface area contributed by atoms with E-state index in [1.807, 2.05) is 17.5 Å². The summed E-state index contributed by atoms with van der Waals surface area (Å²) < 4.78 is 0. The van der Waals surface area contributed by atoms with Crippen molar-refractivity contribution in [1.82, 2.24) is 15.5 Å². The van der Waals surface area contributed by atoms with E-state index in [1.165, 1.54) is 0 Å². The fourth-order valence-corrected chi connectivity index (χ4v) is 2.31. The van der Waals surface area contributed by atoms with Gasteiger partial charge in [0.15, 0.2) is 5.69 Å². The zero-order chi connectivity index (χ0) is 13.0. The number of anilines is 1. The van der Waals surface area contributed by atoms with E-state index in [0.29, 0.717) is 12.2 Å². The molecule has 18 heavy (non-hydrogen) atoms. The van der Waals surface area contributed by atoms with E-state index >= 15 is 0 Å². The largest absolute Gasteiger partial charge is 0.395 e. The molecular formula is C12H16N4OS. The maximum Gasteiger partial charge on any atom is 0.274 e. The summed E-state index contributed by atoms with van der Waals surface area (Å²) in [5.74, 6) is -0.237. The number of nitrogens with one attached hydrogen (secondary N) is 2. The Hall–Kier alpha value is -1.82. The average molecular weight is 264 g/mol. The van der Waals surface area contributed by atoms with Gasteiger partial charge in [-0.3, -0.25) is 9.89 Å². The smallest absolute Gasteiger partial charge is 0.274 e. The van der Waals surface area contributed by atoms with Crippen molar-refractivity contribution in [3.63, 3.8) is 0 Å². The lowest BCUT2D eigenvalue weighted by Gasteiger charge is -2.02. The third-order valence-electron chi connectivity index (χ3n) is 2.60. The summed E-state index contributed by atoms with van der Waals surface area (Å²) in [5.41, 5.74) is 7.47. The predicted octanol–water partition coefficient (Wildman–Crippen LogP) is 1.94. The van der Waals surface area contributed by atoms with Crippen molar-refractivity contribution in [2.24, 2.45) is 0 Å². The molecule has 2 rings (SSSR count). The van der Waals surface area contributed by atoms with Gasteiger partial charge in [-0.15, -0.1) is 11.3 Å². The molecule has 0 aromatic carbocycles. The van der Waals surface area contributed by atoms with Crippen molar-refractivity contribution < 1.29 is 4.79 Å². The van der Waals surface area contributed by atoms with Crippen LogP contribution in [0.1, 0.15) is 34.4 Å². The van der Waals surface area contributed by atoms with Gasteiger partial charge < -0.3 is 11.1 Å². The normalized spacial score (nSPS) is 10.5. The van der Waals surface area contributed by atoms with Crippen LogP contribution in [-0.4, -0.2) is 16.1 Å². The van der Waals surface area contributed by atoms with E-state index in [0.717, 1.165) is 23.4 Å². The third-order valence-corrected chi connectivity index (χ3v) is 3.48. The van der Waals surface area contributed by atoms with Crippen molar-refractivity contribution >= 4 is 22.9 Å². The van der Waals surface area contributed by atoms with Crippen LogP contribution in [0.2, 0.25) is 0 Å². The lowest BCUT2D eigenvalue weighted by molar-refractivity contribution is 0.0947. The number of aryl methyl sites for hydroxylation is 1. The molecule has 0 radical (unpaired) electrons. The number of aromatic amines is 1. The summed E-state index contributed by atoms with van der Waals surface area (Å²) in [6.07, 6.45) is 1.76. The summed E-state index contributed by atoms with van der Waals surface area (Å²) in [6.45, 7) is 2.56. The summed E-state index contributed by atoms with van der Waals surface area (Å²) in [4.78, 5) is 13.0. The Balaban J connectivity index is 2.00. The van der Waals surface area contributed by atoms with Crippen LogP contribution in [0.5, 0.6) is 0 Å². The Morgan fingerprint density at radius 3 is 3.11 bits per heavy atom. The number of nitrogen functional groups attached to an aromatic ring is 1. The number of aromatic nitrogens is 2. The molecule has 1 amide bonds. The number of carbonyl (C=O) groups is 1. The maximum atomic E-state index is 11.9. The second-order valence-corrected chi connectivity index (χ2v) is 5.01. The third kappa shape index (κ3) is 2.70. The second kappa shape index (κ2) is 5.68. The standard InChI is InChI=1S/C12H16N4OS/c1-2-4-9-10(13)11(16-15-9)12(17)14-7-8-5-3-6-18-8/h3,5-6H,2,4,7,13H2,1H3,(H,14,17)(H,15,16). The zero-order valence-electron chi connectivity index (χ0n) is 10.2. The van der Waals surface area contributed by atoms with E-state index in [-0.39, 0.29) is 11.6 Å². The van der Waals surface area contributed by atoms with Crippen LogP contribution in [0.15, 0.2) is 17.5 Å². The summed E-state index contributed by atoms with van der Waals surface area (Å²) >= 11 is 1.60. The van der Waals surface area contributed by atoms with Crippen LogP contribution in [0.4, 0.5) is 5.69 Å². The minimum absolute atomic E-state index is 0.237. The molecule has 0 saturated carbocycles. The topological polar surface area (TPSA) is 83.8 Å². The molecule has 96 valence electrons. The maximum absolute atomic E-state index is 11.9. The molecule has 2 aromatic heterocycles. The molecule has 0 bridgehead atoms. The molecule has 6 heteroatoms. The highest BCUT2D eigenvalue weighted by molar-refractivity contribution is 7.09. The van der Waals surface area contributed by atoms with Gasteiger partial charge in [-0.2, -0.15) is 5.10 Å². The Kier molecular flexibility index (Phi) is 3.99. The van der Waals surface area contributed by atoms with E-state index in [9.17, 15) is 4.79 Å². The van der Waals surface area contributed by atoms with Crippen LogP contribution in [-0.2, 0) is 13.0 Å². The van der Waals surface area contributed by atoms with Crippen molar-refractivity contribution in [2.45, 2.75) is 26.3 Å². The van der Waals surface area contributed by atoms with Crippen LogP contribution in [0.25, 0.3) is 0 Å². The molecule has 0 fully saturated rings.